The first kappa shape index (κ1) is 16.9. The molecule has 0 aromatic heterocycles. The lowest BCUT2D eigenvalue weighted by Gasteiger charge is -2.26. The minimum Gasteiger partial charge on any atom is -0.395 e. The largest absolute Gasteiger partial charge is 0.395 e. The van der Waals surface area contributed by atoms with E-state index in [2.05, 4.69) is 10.6 Å². The van der Waals surface area contributed by atoms with Gasteiger partial charge in [0.25, 0.3) is 0 Å². The Morgan fingerprint density at radius 2 is 1.61 bits per heavy atom. The lowest BCUT2D eigenvalue weighted by molar-refractivity contribution is -0.132. The Bertz CT molecular complexity index is 279. The average molecular weight is 260 g/mol. The van der Waals surface area contributed by atoms with Crippen molar-refractivity contribution < 1.29 is 19.8 Å². The second-order valence-electron chi connectivity index (χ2n) is 4.98. The summed E-state index contributed by atoms with van der Waals surface area (Å²) in [6, 6.07) is 0. The number of carbonyl (C=O) groups is 2. The molecule has 1 atom stereocenters. The van der Waals surface area contributed by atoms with E-state index in [1.54, 1.807) is 20.8 Å². The van der Waals surface area contributed by atoms with E-state index in [-0.39, 0.29) is 44.0 Å². The monoisotopic (exact) mass is 260 g/mol. The molecular formula is C12H24N2O4. The predicted octanol–water partition coefficient (Wildman–Crippen LogP) is -0.744. The molecule has 0 fully saturated rings. The minimum absolute atomic E-state index is 0.0984. The lowest BCUT2D eigenvalue weighted by atomic mass is 9.82. The van der Waals surface area contributed by atoms with Crippen molar-refractivity contribution >= 4 is 11.8 Å². The van der Waals surface area contributed by atoms with Crippen LogP contribution in [0.2, 0.25) is 0 Å². The van der Waals surface area contributed by atoms with Crippen LogP contribution < -0.4 is 10.6 Å². The third-order valence-corrected chi connectivity index (χ3v) is 2.69. The number of aliphatic hydroxyl groups is 2. The maximum absolute atomic E-state index is 11.8. The van der Waals surface area contributed by atoms with Crippen molar-refractivity contribution in [3.63, 3.8) is 0 Å². The highest BCUT2D eigenvalue weighted by Crippen LogP contribution is 2.25. The van der Waals surface area contributed by atoms with Crippen molar-refractivity contribution in [2.75, 3.05) is 26.3 Å². The Morgan fingerprint density at radius 3 is 2.11 bits per heavy atom. The molecule has 0 rings (SSSR count). The van der Waals surface area contributed by atoms with Gasteiger partial charge in [-0.05, 0) is 6.42 Å². The molecule has 0 spiro atoms. The van der Waals surface area contributed by atoms with E-state index in [1.165, 1.54) is 0 Å². The maximum atomic E-state index is 11.8. The summed E-state index contributed by atoms with van der Waals surface area (Å²) in [5.74, 6) is -0.670. The van der Waals surface area contributed by atoms with Gasteiger partial charge in [-0.2, -0.15) is 0 Å². The molecule has 4 N–H and O–H groups in total. The van der Waals surface area contributed by atoms with Crippen molar-refractivity contribution in [3.05, 3.63) is 0 Å². The van der Waals surface area contributed by atoms with Crippen molar-refractivity contribution in [3.8, 4) is 0 Å². The van der Waals surface area contributed by atoms with E-state index in [4.69, 9.17) is 10.2 Å². The number of amides is 2. The van der Waals surface area contributed by atoms with Gasteiger partial charge >= 0.3 is 0 Å². The summed E-state index contributed by atoms with van der Waals surface area (Å²) in [4.78, 5) is 23.4. The molecule has 6 heteroatoms. The molecule has 0 bridgehead atoms. The number of hydrogen-bond acceptors (Lipinski definition) is 4. The number of rotatable bonds is 8. The van der Waals surface area contributed by atoms with Crippen LogP contribution in [0.5, 0.6) is 0 Å². The molecule has 0 saturated heterocycles. The van der Waals surface area contributed by atoms with E-state index >= 15 is 0 Å². The normalized spacial score (nSPS) is 12.9. The number of hydrogen-bond donors (Lipinski definition) is 4. The van der Waals surface area contributed by atoms with Gasteiger partial charge in [-0.25, -0.2) is 0 Å². The summed E-state index contributed by atoms with van der Waals surface area (Å²) >= 11 is 0. The predicted molar refractivity (Wildman–Crippen MR) is 67.8 cm³/mol. The quantitative estimate of drug-likeness (QED) is 0.462. The van der Waals surface area contributed by atoms with E-state index in [0.717, 1.165) is 0 Å². The van der Waals surface area contributed by atoms with Crippen LogP contribution in [0.3, 0.4) is 0 Å². The van der Waals surface area contributed by atoms with Crippen molar-refractivity contribution in [1.29, 1.82) is 0 Å². The molecule has 0 aliphatic rings. The Labute approximate surface area is 108 Å². The van der Waals surface area contributed by atoms with Crippen LogP contribution >= 0.6 is 0 Å². The van der Waals surface area contributed by atoms with Gasteiger partial charge in [-0.3, -0.25) is 9.59 Å². The van der Waals surface area contributed by atoms with Crippen molar-refractivity contribution in [2.45, 2.75) is 27.2 Å². The molecule has 18 heavy (non-hydrogen) atoms. The Balaban J connectivity index is 4.28. The first-order chi connectivity index (χ1) is 8.35. The third-order valence-electron chi connectivity index (χ3n) is 2.69. The standard InChI is InChI=1S/C12H24N2O4/c1-9(10(17)13-4-6-15)8-12(2,3)11(18)14-5-7-16/h9,15-16H,4-8H2,1-3H3,(H,13,17)(H,14,18). The number of aliphatic hydroxyl groups excluding tert-OH is 2. The van der Waals surface area contributed by atoms with E-state index in [1.807, 2.05) is 0 Å². The van der Waals surface area contributed by atoms with E-state index in [9.17, 15) is 9.59 Å². The summed E-state index contributed by atoms with van der Waals surface area (Å²) < 4.78 is 0. The molecule has 1 unspecified atom stereocenters. The van der Waals surface area contributed by atoms with Gasteiger partial charge in [0.15, 0.2) is 0 Å². The number of nitrogens with one attached hydrogen (secondary N) is 2. The minimum atomic E-state index is -0.675. The molecule has 0 aromatic rings. The Morgan fingerprint density at radius 1 is 1.11 bits per heavy atom. The molecule has 2 amide bonds. The zero-order valence-corrected chi connectivity index (χ0v) is 11.3. The van der Waals surface area contributed by atoms with Gasteiger partial charge in [0.2, 0.25) is 11.8 Å². The summed E-state index contributed by atoms with van der Waals surface area (Å²) in [6.07, 6.45) is 0.404. The van der Waals surface area contributed by atoms with Crippen LogP contribution in [-0.2, 0) is 9.59 Å². The van der Waals surface area contributed by atoms with Crippen LogP contribution in [0.15, 0.2) is 0 Å². The van der Waals surface area contributed by atoms with Crippen LogP contribution in [-0.4, -0.2) is 48.3 Å². The van der Waals surface area contributed by atoms with Gasteiger partial charge in [-0.1, -0.05) is 20.8 Å². The highest BCUT2D eigenvalue weighted by molar-refractivity contribution is 5.83. The SMILES string of the molecule is CC(CC(C)(C)C(=O)NCCO)C(=O)NCCO. The zero-order valence-electron chi connectivity index (χ0n) is 11.3. The zero-order chi connectivity index (χ0) is 14.2. The topological polar surface area (TPSA) is 98.7 Å². The average Bonchev–Trinajstić information content (AvgIpc) is 2.32. The molecule has 0 heterocycles. The van der Waals surface area contributed by atoms with Crippen LogP contribution in [0.4, 0.5) is 0 Å². The fourth-order valence-corrected chi connectivity index (χ4v) is 1.71. The Kier molecular flexibility index (Phi) is 7.54. The van der Waals surface area contributed by atoms with E-state index < -0.39 is 5.41 Å². The first-order valence-corrected chi connectivity index (χ1v) is 6.13. The Hall–Kier alpha value is -1.14. The smallest absolute Gasteiger partial charge is 0.225 e. The fraction of sp³-hybridized carbons (Fsp3) is 0.833. The van der Waals surface area contributed by atoms with E-state index in [0.29, 0.717) is 6.42 Å². The summed E-state index contributed by atoms with van der Waals surface area (Å²) in [6.45, 7) is 5.50. The molecule has 0 aliphatic carbocycles. The summed E-state index contributed by atoms with van der Waals surface area (Å²) in [7, 11) is 0. The molecule has 0 saturated carbocycles. The molecular weight excluding hydrogens is 236 g/mol. The molecule has 0 aromatic carbocycles. The molecule has 0 radical (unpaired) electrons. The lowest BCUT2D eigenvalue weighted by Crippen LogP contribution is -2.41. The summed E-state index contributed by atoms with van der Waals surface area (Å²) in [5.41, 5.74) is -0.675. The van der Waals surface area contributed by atoms with Crippen LogP contribution in [0.1, 0.15) is 27.2 Å². The maximum Gasteiger partial charge on any atom is 0.225 e. The molecule has 0 aliphatic heterocycles. The van der Waals surface area contributed by atoms with Crippen molar-refractivity contribution in [2.24, 2.45) is 11.3 Å². The third kappa shape index (κ3) is 5.97. The van der Waals surface area contributed by atoms with Gasteiger partial charge in [-0.15, -0.1) is 0 Å². The van der Waals surface area contributed by atoms with Gasteiger partial charge in [0.05, 0.1) is 13.2 Å². The molecule has 6 nitrogen and oxygen atoms in total. The first-order valence-electron chi connectivity index (χ1n) is 6.13. The van der Waals surface area contributed by atoms with Gasteiger partial charge in [0, 0.05) is 24.4 Å². The summed E-state index contributed by atoms with van der Waals surface area (Å²) in [5, 5.41) is 22.4. The highest BCUT2D eigenvalue weighted by Gasteiger charge is 2.31. The highest BCUT2D eigenvalue weighted by atomic mass is 16.3. The van der Waals surface area contributed by atoms with Crippen molar-refractivity contribution in [1.82, 2.24) is 10.6 Å². The second kappa shape index (κ2) is 8.05. The van der Waals surface area contributed by atoms with Gasteiger partial charge < -0.3 is 20.8 Å². The fourth-order valence-electron chi connectivity index (χ4n) is 1.71. The molecule has 106 valence electrons. The second-order valence-corrected chi connectivity index (χ2v) is 4.98. The van der Waals surface area contributed by atoms with Crippen LogP contribution in [0, 0.1) is 11.3 Å². The van der Waals surface area contributed by atoms with Crippen LogP contribution in [0.25, 0.3) is 0 Å². The number of carbonyl (C=O) groups excluding carboxylic acids is 2. The van der Waals surface area contributed by atoms with Gasteiger partial charge in [0.1, 0.15) is 0 Å².